The van der Waals surface area contributed by atoms with E-state index < -0.39 is 0 Å². The third-order valence-corrected chi connectivity index (χ3v) is 3.67. The first-order chi connectivity index (χ1) is 10.7. The zero-order valence-corrected chi connectivity index (χ0v) is 12.8. The van der Waals surface area contributed by atoms with Gasteiger partial charge < -0.3 is 15.2 Å². The molecule has 3 rings (SSSR count). The number of fused-ring (bicyclic) bond motifs is 1. The third kappa shape index (κ3) is 2.76. The third-order valence-electron chi connectivity index (χ3n) is 3.67. The topological polar surface area (TPSA) is 97.6 Å². The van der Waals surface area contributed by atoms with Crippen molar-refractivity contribution in [1.29, 1.82) is 0 Å². The standard InChI is InChI=1S/C14H19N7O/c1-3-21-8-17-20-11(21)5-7-15-13-10-4-6-16-14(22)12(10)18-9(2)19-13/h8H,3-7H2,1-2H3,(H,16,22)(H,15,18,19). The highest BCUT2D eigenvalue weighted by Gasteiger charge is 2.22. The Hall–Kier alpha value is -2.51. The van der Waals surface area contributed by atoms with Crippen molar-refractivity contribution in [3.05, 3.63) is 29.2 Å². The van der Waals surface area contributed by atoms with Gasteiger partial charge in [0.05, 0.1) is 0 Å². The minimum atomic E-state index is -0.125. The molecule has 8 nitrogen and oxygen atoms in total. The van der Waals surface area contributed by atoms with Crippen LogP contribution in [0.1, 0.15) is 34.6 Å². The summed E-state index contributed by atoms with van der Waals surface area (Å²) in [4.78, 5) is 20.6. The van der Waals surface area contributed by atoms with Gasteiger partial charge in [0.2, 0.25) is 0 Å². The molecule has 0 aromatic carbocycles. The molecule has 0 saturated carbocycles. The van der Waals surface area contributed by atoms with Crippen LogP contribution in [0.4, 0.5) is 5.82 Å². The molecule has 2 aromatic rings. The maximum Gasteiger partial charge on any atom is 0.270 e. The minimum Gasteiger partial charge on any atom is -0.369 e. The van der Waals surface area contributed by atoms with Crippen molar-refractivity contribution in [3.63, 3.8) is 0 Å². The number of hydrogen-bond donors (Lipinski definition) is 2. The number of nitrogens with one attached hydrogen (secondary N) is 2. The molecule has 2 N–H and O–H groups in total. The number of amides is 1. The molecule has 1 aliphatic rings. The number of carbonyl (C=O) groups excluding carboxylic acids is 1. The largest absolute Gasteiger partial charge is 0.369 e. The fourth-order valence-corrected chi connectivity index (χ4v) is 2.58. The zero-order valence-electron chi connectivity index (χ0n) is 12.8. The van der Waals surface area contributed by atoms with Crippen LogP contribution in [0.15, 0.2) is 6.33 Å². The lowest BCUT2D eigenvalue weighted by Crippen LogP contribution is -2.34. The van der Waals surface area contributed by atoms with Gasteiger partial charge in [-0.2, -0.15) is 0 Å². The molecule has 0 unspecified atom stereocenters. The molecule has 0 radical (unpaired) electrons. The fourth-order valence-electron chi connectivity index (χ4n) is 2.58. The van der Waals surface area contributed by atoms with E-state index in [1.54, 1.807) is 13.3 Å². The maximum absolute atomic E-state index is 11.9. The van der Waals surface area contributed by atoms with Crippen LogP contribution in [0.2, 0.25) is 0 Å². The second-order valence-electron chi connectivity index (χ2n) is 5.16. The molecule has 0 aliphatic carbocycles. The molecule has 1 amide bonds. The van der Waals surface area contributed by atoms with E-state index in [2.05, 4.69) is 37.7 Å². The van der Waals surface area contributed by atoms with Gasteiger partial charge >= 0.3 is 0 Å². The van der Waals surface area contributed by atoms with Crippen LogP contribution in [0.25, 0.3) is 0 Å². The average Bonchev–Trinajstić information content (AvgIpc) is 2.96. The SMILES string of the molecule is CCn1cnnc1CCNc1nc(C)nc2c1CCNC2=O. The van der Waals surface area contributed by atoms with Gasteiger partial charge in [-0.05, 0) is 20.3 Å². The lowest BCUT2D eigenvalue weighted by molar-refractivity contribution is 0.0940. The number of aryl methyl sites for hydroxylation is 2. The highest BCUT2D eigenvalue weighted by atomic mass is 16.1. The lowest BCUT2D eigenvalue weighted by Gasteiger charge is -2.19. The van der Waals surface area contributed by atoms with Crippen molar-refractivity contribution < 1.29 is 4.79 Å². The highest BCUT2D eigenvalue weighted by molar-refractivity contribution is 5.95. The Labute approximate surface area is 128 Å². The van der Waals surface area contributed by atoms with Crippen LogP contribution in [0.3, 0.4) is 0 Å². The van der Waals surface area contributed by atoms with E-state index in [1.165, 1.54) is 0 Å². The van der Waals surface area contributed by atoms with E-state index in [0.29, 0.717) is 24.6 Å². The number of carbonyl (C=O) groups is 1. The Balaban J connectivity index is 1.74. The van der Waals surface area contributed by atoms with E-state index in [1.807, 2.05) is 4.57 Å². The Kier molecular flexibility index (Phi) is 3.99. The summed E-state index contributed by atoms with van der Waals surface area (Å²) in [6.45, 7) is 6.01. The number of aromatic nitrogens is 5. The second-order valence-corrected chi connectivity index (χ2v) is 5.16. The molecular formula is C14H19N7O. The van der Waals surface area contributed by atoms with E-state index in [4.69, 9.17) is 0 Å². The first-order valence-corrected chi connectivity index (χ1v) is 7.45. The summed E-state index contributed by atoms with van der Waals surface area (Å²) in [5.74, 6) is 2.16. The van der Waals surface area contributed by atoms with Crippen LogP contribution >= 0.6 is 0 Å². The van der Waals surface area contributed by atoms with Gasteiger partial charge in [0.25, 0.3) is 5.91 Å². The van der Waals surface area contributed by atoms with Crippen molar-refractivity contribution in [2.75, 3.05) is 18.4 Å². The van der Waals surface area contributed by atoms with Gasteiger partial charge in [-0.3, -0.25) is 4.79 Å². The molecule has 0 saturated heterocycles. The van der Waals surface area contributed by atoms with Gasteiger partial charge in [0.1, 0.15) is 29.5 Å². The molecule has 2 aromatic heterocycles. The molecule has 8 heteroatoms. The Morgan fingerprint density at radius 2 is 2.27 bits per heavy atom. The molecule has 22 heavy (non-hydrogen) atoms. The van der Waals surface area contributed by atoms with Crippen LogP contribution in [0, 0.1) is 6.92 Å². The van der Waals surface area contributed by atoms with Crippen molar-refractivity contribution in [1.82, 2.24) is 30.0 Å². The minimum absolute atomic E-state index is 0.125. The van der Waals surface area contributed by atoms with E-state index in [9.17, 15) is 4.79 Å². The summed E-state index contributed by atoms with van der Waals surface area (Å²) in [5, 5.41) is 14.2. The monoisotopic (exact) mass is 301 g/mol. The molecule has 3 heterocycles. The quantitative estimate of drug-likeness (QED) is 0.826. The molecule has 0 fully saturated rings. The zero-order chi connectivity index (χ0) is 15.5. The number of nitrogens with zero attached hydrogens (tertiary/aromatic N) is 5. The Morgan fingerprint density at radius 3 is 3.09 bits per heavy atom. The van der Waals surface area contributed by atoms with Crippen LogP contribution in [0.5, 0.6) is 0 Å². The summed E-state index contributed by atoms with van der Waals surface area (Å²) in [6, 6.07) is 0. The molecule has 0 bridgehead atoms. The van der Waals surface area contributed by atoms with Gasteiger partial charge in [-0.15, -0.1) is 10.2 Å². The van der Waals surface area contributed by atoms with E-state index >= 15 is 0 Å². The van der Waals surface area contributed by atoms with Gasteiger partial charge in [-0.1, -0.05) is 0 Å². The van der Waals surface area contributed by atoms with E-state index in [-0.39, 0.29) is 5.91 Å². The van der Waals surface area contributed by atoms with Crippen LogP contribution < -0.4 is 10.6 Å². The van der Waals surface area contributed by atoms with Crippen LogP contribution in [-0.4, -0.2) is 43.7 Å². The normalized spacial score (nSPS) is 13.6. The van der Waals surface area contributed by atoms with Gasteiger partial charge in [-0.25, -0.2) is 9.97 Å². The Bertz CT molecular complexity index is 694. The summed E-state index contributed by atoms with van der Waals surface area (Å²) in [7, 11) is 0. The van der Waals surface area contributed by atoms with Crippen molar-refractivity contribution in [3.8, 4) is 0 Å². The maximum atomic E-state index is 11.9. The molecule has 116 valence electrons. The highest BCUT2D eigenvalue weighted by Crippen LogP contribution is 2.20. The Morgan fingerprint density at radius 1 is 1.41 bits per heavy atom. The van der Waals surface area contributed by atoms with Gasteiger partial charge in [0, 0.05) is 31.6 Å². The smallest absolute Gasteiger partial charge is 0.270 e. The van der Waals surface area contributed by atoms with Crippen LogP contribution in [-0.2, 0) is 19.4 Å². The first kappa shape index (κ1) is 14.4. The molecule has 1 aliphatic heterocycles. The average molecular weight is 301 g/mol. The molecular weight excluding hydrogens is 282 g/mol. The predicted octanol–water partition coefficient (Wildman–Crippen LogP) is 0.337. The summed E-state index contributed by atoms with van der Waals surface area (Å²) < 4.78 is 2.01. The predicted molar refractivity (Wildman–Crippen MR) is 80.7 cm³/mol. The van der Waals surface area contributed by atoms with Crippen molar-refractivity contribution >= 4 is 11.7 Å². The summed E-state index contributed by atoms with van der Waals surface area (Å²) in [6.07, 6.45) is 3.23. The number of rotatable bonds is 5. The lowest BCUT2D eigenvalue weighted by atomic mass is 10.1. The number of anilines is 1. The second kappa shape index (κ2) is 6.08. The fraction of sp³-hybridized carbons (Fsp3) is 0.500. The summed E-state index contributed by atoms with van der Waals surface area (Å²) >= 11 is 0. The summed E-state index contributed by atoms with van der Waals surface area (Å²) in [5.41, 5.74) is 1.38. The van der Waals surface area contributed by atoms with Crippen molar-refractivity contribution in [2.24, 2.45) is 0 Å². The van der Waals surface area contributed by atoms with Crippen molar-refractivity contribution in [2.45, 2.75) is 33.2 Å². The number of hydrogen-bond acceptors (Lipinski definition) is 6. The first-order valence-electron chi connectivity index (χ1n) is 7.45. The molecule has 0 atom stereocenters. The molecule has 0 spiro atoms. The van der Waals surface area contributed by atoms with Gasteiger partial charge in [0.15, 0.2) is 0 Å². The van der Waals surface area contributed by atoms with E-state index in [0.717, 1.165) is 36.6 Å².